The summed E-state index contributed by atoms with van der Waals surface area (Å²) in [5.41, 5.74) is -1.13. The van der Waals surface area contributed by atoms with Crippen LogP contribution in [0.4, 0.5) is 0 Å². The summed E-state index contributed by atoms with van der Waals surface area (Å²) < 4.78 is 0. The smallest absolute Gasteiger partial charge is 0.329 e. The molecule has 0 saturated carbocycles. The first-order valence-electron chi connectivity index (χ1n) is 5.57. The summed E-state index contributed by atoms with van der Waals surface area (Å²) in [5.74, 6) is -1.61. The van der Waals surface area contributed by atoms with Gasteiger partial charge in [-0.15, -0.1) is 0 Å². The number of aliphatic carboxylic acids is 1. The molecule has 0 fully saturated rings. The van der Waals surface area contributed by atoms with Crippen molar-refractivity contribution in [1.82, 2.24) is 10.3 Å². The molecule has 0 radical (unpaired) electrons. The van der Waals surface area contributed by atoms with Gasteiger partial charge < -0.3 is 10.4 Å². The molecule has 1 rings (SSSR count). The monoisotopic (exact) mass is 270 g/mol. The van der Waals surface area contributed by atoms with Crippen LogP contribution in [0.2, 0.25) is 5.15 Å². The van der Waals surface area contributed by atoms with E-state index in [1.807, 2.05) is 6.92 Å². The van der Waals surface area contributed by atoms with Gasteiger partial charge in [0.05, 0.1) is 5.56 Å². The Morgan fingerprint density at radius 1 is 1.56 bits per heavy atom. The zero-order valence-corrected chi connectivity index (χ0v) is 11.0. The third-order valence-electron chi connectivity index (χ3n) is 2.62. The van der Waals surface area contributed by atoms with Crippen LogP contribution in [0, 0.1) is 0 Å². The molecule has 98 valence electrons. The van der Waals surface area contributed by atoms with E-state index in [1.54, 1.807) is 6.07 Å². The molecular formula is C12H15ClN2O3. The van der Waals surface area contributed by atoms with Crippen LogP contribution >= 0.6 is 11.6 Å². The van der Waals surface area contributed by atoms with Gasteiger partial charge in [-0.1, -0.05) is 24.9 Å². The number of nitrogens with one attached hydrogen (secondary N) is 1. The van der Waals surface area contributed by atoms with Crippen molar-refractivity contribution in [2.24, 2.45) is 0 Å². The molecule has 0 aliphatic carbocycles. The Morgan fingerprint density at radius 2 is 2.22 bits per heavy atom. The van der Waals surface area contributed by atoms with E-state index in [1.165, 1.54) is 19.2 Å². The fraction of sp³-hybridized carbons (Fsp3) is 0.417. The average Bonchev–Trinajstić information content (AvgIpc) is 2.29. The molecule has 0 saturated heterocycles. The maximum atomic E-state index is 12.0. The minimum absolute atomic E-state index is 0.0548. The van der Waals surface area contributed by atoms with Crippen LogP contribution in [-0.4, -0.2) is 27.5 Å². The largest absolute Gasteiger partial charge is 0.480 e. The van der Waals surface area contributed by atoms with Crippen LogP contribution in [0.25, 0.3) is 0 Å². The number of rotatable bonds is 5. The zero-order chi connectivity index (χ0) is 13.8. The summed E-state index contributed by atoms with van der Waals surface area (Å²) in [6.45, 7) is 3.32. The van der Waals surface area contributed by atoms with E-state index in [-0.39, 0.29) is 10.7 Å². The summed E-state index contributed by atoms with van der Waals surface area (Å²) in [6.07, 6.45) is 2.44. The Hall–Kier alpha value is -1.62. The lowest BCUT2D eigenvalue weighted by molar-refractivity contribution is -0.144. The molecule has 1 amide bonds. The van der Waals surface area contributed by atoms with Crippen molar-refractivity contribution in [3.8, 4) is 0 Å². The molecular weight excluding hydrogens is 256 g/mol. The number of carbonyl (C=O) groups excluding carboxylic acids is 1. The molecule has 5 nitrogen and oxygen atoms in total. The van der Waals surface area contributed by atoms with Gasteiger partial charge in [-0.25, -0.2) is 9.78 Å². The molecule has 1 atom stereocenters. The summed E-state index contributed by atoms with van der Waals surface area (Å²) in [5, 5.41) is 11.7. The molecule has 2 N–H and O–H groups in total. The number of carboxylic acids is 1. The Morgan fingerprint density at radius 3 is 2.72 bits per heavy atom. The molecule has 0 bridgehead atoms. The lowest BCUT2D eigenvalue weighted by Crippen LogP contribution is -2.52. The lowest BCUT2D eigenvalue weighted by atomic mass is 9.96. The van der Waals surface area contributed by atoms with E-state index < -0.39 is 17.4 Å². The second kappa shape index (κ2) is 5.82. The highest BCUT2D eigenvalue weighted by Gasteiger charge is 2.34. The van der Waals surface area contributed by atoms with Gasteiger partial charge >= 0.3 is 5.97 Å². The number of amides is 1. The van der Waals surface area contributed by atoms with E-state index in [0.29, 0.717) is 12.8 Å². The van der Waals surface area contributed by atoms with Crippen LogP contribution in [0.15, 0.2) is 18.3 Å². The van der Waals surface area contributed by atoms with Gasteiger partial charge in [-0.05, 0) is 25.5 Å². The quantitative estimate of drug-likeness (QED) is 0.803. The van der Waals surface area contributed by atoms with Crippen molar-refractivity contribution in [2.45, 2.75) is 32.2 Å². The van der Waals surface area contributed by atoms with Gasteiger partial charge in [0.2, 0.25) is 0 Å². The first kappa shape index (κ1) is 14.4. The van der Waals surface area contributed by atoms with Crippen molar-refractivity contribution in [3.63, 3.8) is 0 Å². The number of carboxylic acid groups (broad SMARTS) is 1. The molecule has 1 aromatic rings. The molecule has 1 unspecified atom stereocenters. The molecule has 0 aromatic carbocycles. The molecule has 6 heteroatoms. The Bertz CT molecular complexity index is 464. The van der Waals surface area contributed by atoms with Gasteiger partial charge in [-0.3, -0.25) is 4.79 Å². The highest BCUT2D eigenvalue weighted by Crippen LogP contribution is 2.16. The maximum Gasteiger partial charge on any atom is 0.329 e. The van der Waals surface area contributed by atoms with Gasteiger partial charge in [0, 0.05) is 6.20 Å². The Kier molecular flexibility index (Phi) is 4.67. The number of nitrogens with zero attached hydrogens (tertiary/aromatic N) is 1. The minimum Gasteiger partial charge on any atom is -0.480 e. The molecule has 18 heavy (non-hydrogen) atoms. The molecule has 0 spiro atoms. The fourth-order valence-electron chi connectivity index (χ4n) is 1.60. The van der Waals surface area contributed by atoms with Gasteiger partial charge in [0.25, 0.3) is 5.91 Å². The van der Waals surface area contributed by atoms with Crippen LogP contribution in [0.3, 0.4) is 0 Å². The first-order chi connectivity index (χ1) is 8.40. The summed E-state index contributed by atoms with van der Waals surface area (Å²) in [7, 11) is 0. The standard InChI is InChI=1S/C12H15ClN2O3/c1-3-6-12(2,11(17)18)15-10(16)8-5-4-7-14-9(8)13/h4-5,7H,3,6H2,1-2H3,(H,15,16)(H,17,18). The predicted octanol–water partition coefficient (Wildman–Crippen LogP) is 2.11. The molecule has 1 aromatic heterocycles. The number of aromatic nitrogens is 1. The lowest BCUT2D eigenvalue weighted by Gasteiger charge is -2.25. The van der Waals surface area contributed by atoms with Crippen molar-refractivity contribution in [2.75, 3.05) is 0 Å². The van der Waals surface area contributed by atoms with Crippen molar-refractivity contribution in [3.05, 3.63) is 29.0 Å². The number of carbonyl (C=O) groups is 2. The van der Waals surface area contributed by atoms with Crippen molar-refractivity contribution < 1.29 is 14.7 Å². The fourth-order valence-corrected chi connectivity index (χ4v) is 1.80. The van der Waals surface area contributed by atoms with E-state index in [9.17, 15) is 9.59 Å². The van der Waals surface area contributed by atoms with Crippen LogP contribution < -0.4 is 5.32 Å². The van der Waals surface area contributed by atoms with Gasteiger partial charge in [-0.2, -0.15) is 0 Å². The second-order valence-electron chi connectivity index (χ2n) is 4.18. The van der Waals surface area contributed by atoms with Crippen LogP contribution in [0.1, 0.15) is 37.0 Å². The third kappa shape index (κ3) is 3.20. The number of hydrogen-bond acceptors (Lipinski definition) is 3. The topological polar surface area (TPSA) is 79.3 Å². The number of halogens is 1. The average molecular weight is 271 g/mol. The van der Waals surface area contributed by atoms with Gasteiger partial charge in [0.1, 0.15) is 10.7 Å². The highest BCUT2D eigenvalue weighted by molar-refractivity contribution is 6.32. The van der Waals surface area contributed by atoms with Crippen LogP contribution in [-0.2, 0) is 4.79 Å². The Labute approximate surface area is 110 Å². The molecule has 0 aliphatic heterocycles. The van der Waals surface area contributed by atoms with E-state index in [4.69, 9.17) is 16.7 Å². The SMILES string of the molecule is CCCC(C)(NC(=O)c1cccnc1Cl)C(=O)O. The molecule has 1 heterocycles. The number of pyridine rings is 1. The van der Waals surface area contributed by atoms with Crippen molar-refractivity contribution >= 4 is 23.5 Å². The van der Waals surface area contributed by atoms with E-state index in [0.717, 1.165) is 0 Å². The summed E-state index contributed by atoms with van der Waals surface area (Å²) >= 11 is 5.79. The minimum atomic E-state index is -1.30. The Balaban J connectivity index is 2.93. The van der Waals surface area contributed by atoms with E-state index >= 15 is 0 Å². The van der Waals surface area contributed by atoms with Crippen LogP contribution in [0.5, 0.6) is 0 Å². The number of hydrogen-bond donors (Lipinski definition) is 2. The zero-order valence-electron chi connectivity index (χ0n) is 10.2. The second-order valence-corrected chi connectivity index (χ2v) is 4.54. The summed E-state index contributed by atoms with van der Waals surface area (Å²) in [6, 6.07) is 3.07. The van der Waals surface area contributed by atoms with E-state index in [2.05, 4.69) is 10.3 Å². The predicted molar refractivity (Wildman–Crippen MR) is 67.7 cm³/mol. The normalized spacial score (nSPS) is 13.7. The molecule has 0 aliphatic rings. The maximum absolute atomic E-state index is 12.0. The first-order valence-corrected chi connectivity index (χ1v) is 5.95. The van der Waals surface area contributed by atoms with Gasteiger partial charge in [0.15, 0.2) is 0 Å². The summed E-state index contributed by atoms with van der Waals surface area (Å²) in [4.78, 5) is 26.9. The third-order valence-corrected chi connectivity index (χ3v) is 2.92. The van der Waals surface area contributed by atoms with Crippen molar-refractivity contribution in [1.29, 1.82) is 0 Å². The highest BCUT2D eigenvalue weighted by atomic mass is 35.5.